The Labute approximate surface area is 79.7 Å². The molecule has 0 bridgehead atoms. The van der Waals surface area contributed by atoms with Gasteiger partial charge >= 0.3 is 0 Å². The second-order valence-corrected chi connectivity index (χ2v) is 3.65. The van der Waals surface area contributed by atoms with Gasteiger partial charge in [-0.3, -0.25) is 4.90 Å². The second kappa shape index (κ2) is 3.35. The van der Waals surface area contributed by atoms with Gasteiger partial charge in [-0.25, -0.2) is 0 Å². The first-order chi connectivity index (χ1) is 6.33. The van der Waals surface area contributed by atoms with Crippen LogP contribution in [0.4, 0.5) is 0 Å². The fraction of sp³-hybridized carbons (Fsp3) is 0.333. The quantitative estimate of drug-likeness (QED) is 0.501. The molecule has 2 unspecified atom stereocenters. The highest BCUT2D eigenvalue weighted by Crippen LogP contribution is 2.34. The third kappa shape index (κ3) is 1.65. The highest BCUT2D eigenvalue weighted by Gasteiger charge is 2.32. The van der Waals surface area contributed by atoms with E-state index in [1.54, 1.807) is 0 Å². The molecule has 1 heterocycles. The minimum Gasteiger partial charge on any atom is -0.296 e. The Balaban J connectivity index is 2.27. The molecule has 1 aromatic carbocycles. The number of benzene rings is 1. The van der Waals surface area contributed by atoms with Crippen molar-refractivity contribution in [2.45, 2.75) is 12.5 Å². The van der Waals surface area contributed by atoms with Gasteiger partial charge in [0, 0.05) is 12.6 Å². The molecule has 0 amide bonds. The molecule has 0 N–H and O–H groups in total. The Morgan fingerprint density at radius 1 is 1.54 bits per heavy atom. The van der Waals surface area contributed by atoms with Crippen molar-refractivity contribution < 1.29 is 0 Å². The standard InChI is InChI=1S/C12H15N/c1-3-6-10-7-4-5-8-11(10)12-9-13(12)2/h3-5,7-8,12H,1,6,9H2,2H3. The van der Waals surface area contributed by atoms with E-state index in [0.29, 0.717) is 6.04 Å². The fourth-order valence-electron chi connectivity index (χ4n) is 1.76. The summed E-state index contributed by atoms with van der Waals surface area (Å²) in [5.41, 5.74) is 2.90. The average Bonchev–Trinajstić information content (AvgIpc) is 2.84. The van der Waals surface area contributed by atoms with Crippen LogP contribution in [0.15, 0.2) is 36.9 Å². The normalized spacial score (nSPS) is 25.6. The maximum Gasteiger partial charge on any atom is 0.0475 e. The number of rotatable bonds is 3. The summed E-state index contributed by atoms with van der Waals surface area (Å²) >= 11 is 0. The van der Waals surface area contributed by atoms with Crippen molar-refractivity contribution in [2.75, 3.05) is 13.6 Å². The molecule has 0 aromatic heterocycles. The molecule has 1 aliphatic heterocycles. The maximum atomic E-state index is 3.78. The van der Waals surface area contributed by atoms with Crippen molar-refractivity contribution in [2.24, 2.45) is 0 Å². The van der Waals surface area contributed by atoms with Crippen LogP contribution in [0, 0.1) is 0 Å². The predicted molar refractivity (Wildman–Crippen MR) is 55.7 cm³/mol. The molecule has 2 atom stereocenters. The van der Waals surface area contributed by atoms with E-state index in [0.717, 1.165) is 6.42 Å². The smallest absolute Gasteiger partial charge is 0.0475 e. The lowest BCUT2D eigenvalue weighted by Crippen LogP contribution is -1.94. The zero-order valence-corrected chi connectivity index (χ0v) is 8.03. The van der Waals surface area contributed by atoms with E-state index in [-0.39, 0.29) is 0 Å². The van der Waals surface area contributed by atoms with Crippen LogP contribution >= 0.6 is 0 Å². The van der Waals surface area contributed by atoms with Crippen molar-refractivity contribution in [1.82, 2.24) is 4.90 Å². The van der Waals surface area contributed by atoms with E-state index in [1.165, 1.54) is 17.7 Å². The molecule has 1 saturated heterocycles. The third-order valence-corrected chi connectivity index (χ3v) is 2.64. The third-order valence-electron chi connectivity index (χ3n) is 2.64. The largest absolute Gasteiger partial charge is 0.296 e. The number of hydrogen-bond donors (Lipinski definition) is 0. The molecule has 1 aliphatic rings. The topological polar surface area (TPSA) is 3.01 Å². The lowest BCUT2D eigenvalue weighted by molar-refractivity contribution is 0.629. The van der Waals surface area contributed by atoms with E-state index in [2.05, 4.69) is 42.8 Å². The molecule has 0 spiro atoms. The van der Waals surface area contributed by atoms with Crippen molar-refractivity contribution in [3.63, 3.8) is 0 Å². The Bertz CT molecular complexity index is 317. The molecule has 68 valence electrons. The SMILES string of the molecule is C=CCc1ccccc1C1CN1C. The minimum absolute atomic E-state index is 0.663. The summed E-state index contributed by atoms with van der Waals surface area (Å²) in [6.45, 7) is 4.98. The van der Waals surface area contributed by atoms with Crippen LogP contribution in [-0.2, 0) is 6.42 Å². The number of likely N-dealkylation sites (N-methyl/N-ethyl adjacent to an activating group) is 1. The van der Waals surface area contributed by atoms with Gasteiger partial charge in [-0.1, -0.05) is 30.3 Å². The summed E-state index contributed by atoms with van der Waals surface area (Å²) in [6, 6.07) is 9.31. The zero-order valence-electron chi connectivity index (χ0n) is 8.03. The number of hydrogen-bond acceptors (Lipinski definition) is 1. The van der Waals surface area contributed by atoms with Crippen LogP contribution in [0.25, 0.3) is 0 Å². The average molecular weight is 173 g/mol. The van der Waals surface area contributed by atoms with Crippen LogP contribution in [0.2, 0.25) is 0 Å². The maximum absolute atomic E-state index is 3.78. The van der Waals surface area contributed by atoms with Crippen LogP contribution in [0.1, 0.15) is 17.2 Å². The number of nitrogens with zero attached hydrogens (tertiary/aromatic N) is 1. The Kier molecular flexibility index (Phi) is 2.19. The van der Waals surface area contributed by atoms with Gasteiger partial charge in [-0.05, 0) is 24.6 Å². The van der Waals surface area contributed by atoms with Gasteiger partial charge in [-0.2, -0.15) is 0 Å². The van der Waals surface area contributed by atoms with Gasteiger partial charge in [0.2, 0.25) is 0 Å². The van der Waals surface area contributed by atoms with Gasteiger partial charge in [0.15, 0.2) is 0 Å². The highest BCUT2D eigenvalue weighted by atomic mass is 15.3. The molecular formula is C12H15N. The monoisotopic (exact) mass is 173 g/mol. The summed E-state index contributed by atoms with van der Waals surface area (Å²) in [5.74, 6) is 0. The second-order valence-electron chi connectivity index (χ2n) is 3.65. The van der Waals surface area contributed by atoms with Crippen LogP contribution in [0.3, 0.4) is 0 Å². The van der Waals surface area contributed by atoms with Gasteiger partial charge in [0.05, 0.1) is 0 Å². The first-order valence-electron chi connectivity index (χ1n) is 4.72. The Hall–Kier alpha value is -1.08. The van der Waals surface area contributed by atoms with Crippen LogP contribution in [-0.4, -0.2) is 18.5 Å². The molecule has 0 saturated carbocycles. The molecule has 0 radical (unpaired) electrons. The molecule has 0 aliphatic carbocycles. The summed E-state index contributed by atoms with van der Waals surface area (Å²) in [5, 5.41) is 0. The predicted octanol–water partition coefficient (Wildman–Crippen LogP) is 2.40. The molecule has 1 fully saturated rings. The van der Waals surface area contributed by atoms with Crippen LogP contribution in [0.5, 0.6) is 0 Å². The van der Waals surface area contributed by atoms with E-state index >= 15 is 0 Å². The summed E-state index contributed by atoms with van der Waals surface area (Å²) in [6.07, 6.45) is 2.96. The summed E-state index contributed by atoms with van der Waals surface area (Å²) in [4.78, 5) is 2.35. The lowest BCUT2D eigenvalue weighted by atomic mass is 10.0. The Morgan fingerprint density at radius 2 is 2.23 bits per heavy atom. The van der Waals surface area contributed by atoms with Gasteiger partial charge in [0.1, 0.15) is 0 Å². The van der Waals surface area contributed by atoms with Crippen molar-refractivity contribution in [3.05, 3.63) is 48.0 Å². The van der Waals surface area contributed by atoms with Crippen molar-refractivity contribution in [3.8, 4) is 0 Å². The fourth-order valence-corrected chi connectivity index (χ4v) is 1.76. The van der Waals surface area contributed by atoms with E-state index in [4.69, 9.17) is 0 Å². The molecule has 1 aromatic rings. The molecule has 2 rings (SSSR count). The van der Waals surface area contributed by atoms with Gasteiger partial charge in [0.25, 0.3) is 0 Å². The highest BCUT2D eigenvalue weighted by molar-refractivity contribution is 5.34. The Morgan fingerprint density at radius 3 is 2.85 bits per heavy atom. The minimum atomic E-state index is 0.663. The summed E-state index contributed by atoms with van der Waals surface area (Å²) < 4.78 is 0. The molecule has 1 heteroatoms. The van der Waals surface area contributed by atoms with Crippen LogP contribution < -0.4 is 0 Å². The zero-order chi connectivity index (χ0) is 9.26. The lowest BCUT2D eigenvalue weighted by Gasteiger charge is -2.05. The van der Waals surface area contributed by atoms with Gasteiger partial charge < -0.3 is 0 Å². The molecular weight excluding hydrogens is 158 g/mol. The van der Waals surface area contributed by atoms with E-state index in [1.807, 2.05) is 6.08 Å². The summed E-state index contributed by atoms with van der Waals surface area (Å²) in [7, 11) is 2.16. The van der Waals surface area contributed by atoms with Crippen molar-refractivity contribution >= 4 is 0 Å². The molecule has 1 nitrogen and oxygen atoms in total. The number of allylic oxidation sites excluding steroid dienone is 1. The first kappa shape index (κ1) is 8.52. The molecule has 13 heavy (non-hydrogen) atoms. The van der Waals surface area contributed by atoms with E-state index < -0.39 is 0 Å². The van der Waals surface area contributed by atoms with Gasteiger partial charge in [-0.15, -0.1) is 6.58 Å². The van der Waals surface area contributed by atoms with Crippen molar-refractivity contribution in [1.29, 1.82) is 0 Å². The first-order valence-corrected chi connectivity index (χ1v) is 4.72. The van der Waals surface area contributed by atoms with E-state index in [9.17, 15) is 0 Å².